The van der Waals surface area contributed by atoms with Crippen LogP contribution in [0, 0.1) is 11.8 Å². The monoisotopic (exact) mass is 522 g/mol. The van der Waals surface area contributed by atoms with Gasteiger partial charge in [0.1, 0.15) is 5.60 Å². The summed E-state index contributed by atoms with van der Waals surface area (Å²) in [6, 6.07) is 0. The van der Waals surface area contributed by atoms with E-state index in [1.807, 2.05) is 0 Å². The van der Waals surface area contributed by atoms with E-state index < -0.39 is 79.3 Å². The Kier molecular flexibility index (Phi) is 10.5. The standard InChI is InChI=1S/C18H23F9O7/c1-8(2)32-14(30)34-15(4,5)6-10(9(3)11(28)31-7-16(19,20)21)12(29)33-13(17(22,23)24)18(25,26)27/h8-10,13H,6-7H2,1-5H3. The highest BCUT2D eigenvalue weighted by atomic mass is 19.4. The Bertz CT molecular complexity index is 698. The lowest BCUT2D eigenvalue weighted by molar-refractivity contribution is -0.314. The molecular weight excluding hydrogens is 499 g/mol. The van der Waals surface area contributed by atoms with E-state index in [0.29, 0.717) is 0 Å². The van der Waals surface area contributed by atoms with Gasteiger partial charge in [-0.15, -0.1) is 0 Å². The van der Waals surface area contributed by atoms with Crippen molar-refractivity contribution in [1.29, 1.82) is 0 Å². The normalized spacial score (nSPS) is 15.1. The molecule has 0 bridgehead atoms. The molecule has 0 fully saturated rings. The minimum Gasteiger partial charge on any atom is -0.456 e. The third kappa shape index (κ3) is 11.6. The van der Waals surface area contributed by atoms with Crippen molar-refractivity contribution in [3.63, 3.8) is 0 Å². The molecule has 2 unspecified atom stereocenters. The minimum absolute atomic E-state index is 0.695. The van der Waals surface area contributed by atoms with Crippen LogP contribution in [-0.4, -0.2) is 61.0 Å². The van der Waals surface area contributed by atoms with Gasteiger partial charge in [-0.3, -0.25) is 9.59 Å². The van der Waals surface area contributed by atoms with Gasteiger partial charge in [-0.2, -0.15) is 39.5 Å². The first kappa shape index (κ1) is 31.6. The molecular formula is C18H23F9O7. The maximum atomic E-state index is 12.8. The number of ether oxygens (including phenoxy) is 4. The topological polar surface area (TPSA) is 88.1 Å². The van der Waals surface area contributed by atoms with Gasteiger partial charge in [0.25, 0.3) is 6.10 Å². The van der Waals surface area contributed by atoms with Crippen molar-refractivity contribution in [3.8, 4) is 0 Å². The molecule has 0 heterocycles. The largest absolute Gasteiger partial charge is 0.509 e. The number of carbonyl (C=O) groups excluding carboxylic acids is 3. The van der Waals surface area contributed by atoms with Crippen molar-refractivity contribution in [2.45, 2.75) is 77.4 Å². The van der Waals surface area contributed by atoms with Gasteiger partial charge in [0.05, 0.1) is 17.9 Å². The van der Waals surface area contributed by atoms with Crippen LogP contribution < -0.4 is 0 Å². The molecule has 34 heavy (non-hydrogen) atoms. The molecule has 0 aromatic heterocycles. The van der Waals surface area contributed by atoms with Crippen molar-refractivity contribution in [1.82, 2.24) is 0 Å². The summed E-state index contributed by atoms with van der Waals surface area (Å²) >= 11 is 0. The number of alkyl halides is 9. The Hall–Kier alpha value is -2.42. The predicted molar refractivity (Wildman–Crippen MR) is 93.1 cm³/mol. The SMILES string of the molecule is CC(C)OC(=O)OC(C)(C)CC(C(=O)OC(C(F)(F)F)C(F)(F)F)C(C)C(=O)OCC(F)(F)F. The summed E-state index contributed by atoms with van der Waals surface area (Å²) in [6.45, 7) is 3.56. The number of rotatable bonds is 9. The van der Waals surface area contributed by atoms with E-state index in [1.165, 1.54) is 13.8 Å². The van der Waals surface area contributed by atoms with Crippen molar-refractivity contribution < 1.29 is 72.8 Å². The Labute approximate surface area is 187 Å². The van der Waals surface area contributed by atoms with Crippen LogP contribution in [-0.2, 0) is 28.5 Å². The third-order valence-electron chi connectivity index (χ3n) is 3.89. The lowest BCUT2D eigenvalue weighted by Gasteiger charge is -2.32. The molecule has 0 aliphatic heterocycles. The Morgan fingerprint density at radius 3 is 1.62 bits per heavy atom. The zero-order valence-electron chi connectivity index (χ0n) is 18.5. The van der Waals surface area contributed by atoms with Crippen LogP contribution in [0.15, 0.2) is 0 Å². The molecule has 0 aromatic rings. The predicted octanol–water partition coefficient (Wildman–Crippen LogP) is 5.11. The molecule has 0 saturated carbocycles. The maximum absolute atomic E-state index is 12.8. The molecule has 0 saturated heterocycles. The van der Waals surface area contributed by atoms with Gasteiger partial charge < -0.3 is 18.9 Å². The molecule has 16 heteroatoms. The Morgan fingerprint density at radius 2 is 1.24 bits per heavy atom. The molecule has 0 rings (SSSR count). The smallest absolute Gasteiger partial charge is 0.456 e. The fourth-order valence-corrected chi connectivity index (χ4v) is 2.45. The highest BCUT2D eigenvalue weighted by molar-refractivity contribution is 5.82. The van der Waals surface area contributed by atoms with Crippen LogP contribution in [0.25, 0.3) is 0 Å². The zero-order valence-corrected chi connectivity index (χ0v) is 18.5. The van der Waals surface area contributed by atoms with Crippen molar-refractivity contribution in [3.05, 3.63) is 0 Å². The first-order valence-electron chi connectivity index (χ1n) is 9.43. The summed E-state index contributed by atoms with van der Waals surface area (Å²) in [5.41, 5.74) is -1.86. The summed E-state index contributed by atoms with van der Waals surface area (Å²) in [6.07, 6.45) is -24.7. The van der Waals surface area contributed by atoms with Crippen molar-refractivity contribution in [2.75, 3.05) is 6.61 Å². The lowest BCUT2D eigenvalue weighted by Crippen LogP contribution is -2.48. The maximum Gasteiger partial charge on any atom is 0.509 e. The van der Waals surface area contributed by atoms with Gasteiger partial charge >= 0.3 is 36.6 Å². The van der Waals surface area contributed by atoms with E-state index >= 15 is 0 Å². The summed E-state index contributed by atoms with van der Waals surface area (Å²) in [4.78, 5) is 36.0. The molecule has 0 spiro atoms. The highest BCUT2D eigenvalue weighted by Crippen LogP contribution is 2.38. The summed E-state index contributed by atoms with van der Waals surface area (Å²) in [7, 11) is 0. The fourth-order valence-electron chi connectivity index (χ4n) is 2.45. The number of esters is 2. The molecule has 2 atom stereocenters. The van der Waals surface area contributed by atoms with Crippen LogP contribution in [0.3, 0.4) is 0 Å². The van der Waals surface area contributed by atoms with E-state index in [2.05, 4.69) is 14.2 Å². The van der Waals surface area contributed by atoms with Crippen LogP contribution in [0.5, 0.6) is 0 Å². The van der Waals surface area contributed by atoms with Crippen molar-refractivity contribution in [2.24, 2.45) is 11.8 Å². The second-order valence-corrected chi connectivity index (χ2v) is 8.00. The van der Waals surface area contributed by atoms with Crippen LogP contribution in [0.4, 0.5) is 44.3 Å². The number of carbonyl (C=O) groups is 3. The van der Waals surface area contributed by atoms with Crippen molar-refractivity contribution >= 4 is 18.1 Å². The minimum atomic E-state index is -6.09. The van der Waals surface area contributed by atoms with E-state index in [4.69, 9.17) is 4.74 Å². The van der Waals surface area contributed by atoms with Crippen LogP contribution in [0.2, 0.25) is 0 Å². The second-order valence-electron chi connectivity index (χ2n) is 8.00. The first-order chi connectivity index (χ1) is 15.0. The molecule has 0 aliphatic carbocycles. The lowest BCUT2D eigenvalue weighted by atomic mass is 9.84. The Morgan fingerprint density at radius 1 is 0.765 bits per heavy atom. The van der Waals surface area contributed by atoms with Gasteiger partial charge in [0.2, 0.25) is 0 Å². The molecule has 0 N–H and O–H groups in total. The quantitative estimate of drug-likeness (QED) is 0.236. The number of halogens is 9. The molecule has 0 amide bonds. The highest BCUT2D eigenvalue weighted by Gasteiger charge is 2.60. The summed E-state index contributed by atoms with van der Waals surface area (Å²) in [5.74, 6) is -8.27. The average molecular weight is 522 g/mol. The molecule has 7 nitrogen and oxygen atoms in total. The average Bonchev–Trinajstić information content (AvgIpc) is 2.57. The van der Waals surface area contributed by atoms with Crippen LogP contribution in [0.1, 0.15) is 41.0 Å². The zero-order chi connectivity index (χ0) is 27.3. The van der Waals surface area contributed by atoms with Gasteiger partial charge in [-0.1, -0.05) is 6.92 Å². The number of hydrogen-bond donors (Lipinski definition) is 0. The third-order valence-corrected chi connectivity index (χ3v) is 3.89. The fraction of sp³-hybridized carbons (Fsp3) is 0.833. The summed E-state index contributed by atoms with van der Waals surface area (Å²) < 4.78 is 131. The van der Waals surface area contributed by atoms with Gasteiger partial charge in [-0.05, 0) is 27.7 Å². The van der Waals surface area contributed by atoms with Gasteiger partial charge in [0, 0.05) is 6.42 Å². The number of hydrogen-bond acceptors (Lipinski definition) is 7. The summed E-state index contributed by atoms with van der Waals surface area (Å²) in [5, 5.41) is 0. The second kappa shape index (κ2) is 11.3. The molecule has 200 valence electrons. The molecule has 0 aliphatic rings. The Balaban J connectivity index is 5.94. The van der Waals surface area contributed by atoms with E-state index in [-0.39, 0.29) is 0 Å². The molecule has 0 aromatic carbocycles. The first-order valence-corrected chi connectivity index (χ1v) is 9.43. The van der Waals surface area contributed by atoms with E-state index in [1.54, 1.807) is 0 Å². The van der Waals surface area contributed by atoms with Gasteiger partial charge in [-0.25, -0.2) is 4.79 Å². The van der Waals surface area contributed by atoms with Crippen LogP contribution >= 0.6 is 0 Å². The molecule has 0 radical (unpaired) electrons. The van der Waals surface area contributed by atoms with E-state index in [0.717, 1.165) is 20.8 Å². The van der Waals surface area contributed by atoms with E-state index in [9.17, 15) is 53.9 Å². The van der Waals surface area contributed by atoms with Gasteiger partial charge in [0.15, 0.2) is 6.61 Å².